The van der Waals surface area contributed by atoms with Crippen molar-refractivity contribution in [1.29, 1.82) is 0 Å². The van der Waals surface area contributed by atoms with Gasteiger partial charge in [-0.05, 0) is 11.6 Å². The van der Waals surface area contributed by atoms with Gasteiger partial charge >= 0.3 is 0 Å². The van der Waals surface area contributed by atoms with Crippen LogP contribution in [0.2, 0.25) is 0 Å². The fourth-order valence-electron chi connectivity index (χ4n) is 0.199. The minimum Gasteiger partial charge on any atom is -0.164 e. The number of halogens is 1. The molecule has 42 valence electrons. The van der Waals surface area contributed by atoms with E-state index in [2.05, 4.69) is 28.8 Å². The average Bonchev–Trinajstić information content (AvgIpc) is 1.68. The molecule has 0 rings (SSSR count). The summed E-state index contributed by atoms with van der Waals surface area (Å²) < 4.78 is 0.572. The quantitative estimate of drug-likeness (QED) is 0.425. The monoisotopic (exact) mass is 246 g/mol. The summed E-state index contributed by atoms with van der Waals surface area (Å²) in [4.78, 5) is 0. The van der Waals surface area contributed by atoms with E-state index in [1.54, 1.807) is 5.37 Å². The number of hydrogen-bond donors (Lipinski definition) is 0. The van der Waals surface area contributed by atoms with Gasteiger partial charge in [-0.2, -0.15) is 11.8 Å². The van der Waals surface area contributed by atoms with E-state index in [1.165, 1.54) is 0 Å². The van der Waals surface area contributed by atoms with Crippen LogP contribution in [-0.2, 0) is 0 Å². The zero-order chi connectivity index (χ0) is 5.70. The highest BCUT2D eigenvalue weighted by molar-refractivity contribution is 14.1. The van der Waals surface area contributed by atoms with Crippen molar-refractivity contribution in [1.82, 2.24) is 0 Å². The first-order valence-corrected chi connectivity index (χ1v) is 5.00. The number of thiocarbonyl (C=S) groups is 1. The first kappa shape index (κ1) is 8.17. The van der Waals surface area contributed by atoms with Gasteiger partial charge in [0.05, 0.1) is 0 Å². The number of hydrogen-bond acceptors (Lipinski definition) is 2. The molecule has 0 spiro atoms. The van der Waals surface area contributed by atoms with Crippen LogP contribution in [0.15, 0.2) is 0 Å². The SMILES string of the molecule is CSCC(I)C=S. The maximum atomic E-state index is 4.69. The van der Waals surface area contributed by atoms with Gasteiger partial charge in [0.25, 0.3) is 0 Å². The van der Waals surface area contributed by atoms with Crippen LogP contribution in [0.4, 0.5) is 0 Å². The van der Waals surface area contributed by atoms with E-state index in [0.29, 0.717) is 3.92 Å². The van der Waals surface area contributed by atoms with Crippen LogP contribution in [0.1, 0.15) is 0 Å². The van der Waals surface area contributed by atoms with Crippen LogP contribution < -0.4 is 0 Å². The summed E-state index contributed by atoms with van der Waals surface area (Å²) in [6, 6.07) is 0. The summed E-state index contributed by atoms with van der Waals surface area (Å²) in [7, 11) is 0. The number of alkyl halides is 1. The molecule has 0 saturated heterocycles. The minimum absolute atomic E-state index is 0.572. The molecule has 0 aromatic rings. The fraction of sp³-hybridized carbons (Fsp3) is 0.750. The molecule has 1 atom stereocenters. The highest BCUT2D eigenvalue weighted by Crippen LogP contribution is 2.04. The molecule has 0 aliphatic rings. The Kier molecular flexibility index (Phi) is 6.20. The van der Waals surface area contributed by atoms with Gasteiger partial charge in [-0.15, -0.1) is 0 Å². The van der Waals surface area contributed by atoms with Crippen LogP contribution in [0.3, 0.4) is 0 Å². The zero-order valence-corrected chi connectivity index (χ0v) is 7.85. The molecule has 0 aromatic carbocycles. The lowest BCUT2D eigenvalue weighted by molar-refractivity contribution is 1.46. The summed E-state index contributed by atoms with van der Waals surface area (Å²) in [5, 5.41) is 1.80. The Morgan fingerprint density at radius 2 is 2.57 bits per heavy atom. The van der Waals surface area contributed by atoms with Crippen LogP contribution in [0.5, 0.6) is 0 Å². The Morgan fingerprint density at radius 1 is 2.00 bits per heavy atom. The molecule has 3 heteroatoms. The van der Waals surface area contributed by atoms with Gasteiger partial charge < -0.3 is 0 Å². The highest BCUT2D eigenvalue weighted by Gasteiger charge is 1.93. The van der Waals surface area contributed by atoms with E-state index in [9.17, 15) is 0 Å². The second kappa shape index (κ2) is 5.31. The lowest BCUT2D eigenvalue weighted by Crippen LogP contribution is -1.98. The van der Waals surface area contributed by atoms with Crippen molar-refractivity contribution in [3.8, 4) is 0 Å². The van der Waals surface area contributed by atoms with E-state index in [-0.39, 0.29) is 0 Å². The van der Waals surface area contributed by atoms with Crippen molar-refractivity contribution < 1.29 is 0 Å². The van der Waals surface area contributed by atoms with E-state index < -0.39 is 0 Å². The van der Waals surface area contributed by atoms with E-state index in [4.69, 9.17) is 12.2 Å². The van der Waals surface area contributed by atoms with Crippen LogP contribution in [-0.4, -0.2) is 21.3 Å². The molecule has 1 unspecified atom stereocenters. The molecule has 0 N–H and O–H groups in total. The molecule has 0 aromatic heterocycles. The molecule has 0 saturated carbocycles. The Balaban J connectivity index is 2.98. The molecule has 7 heavy (non-hydrogen) atoms. The molecule has 0 fully saturated rings. The number of rotatable bonds is 3. The smallest absolute Gasteiger partial charge is 0.0483 e. The normalized spacial score (nSPS) is 13.4. The van der Waals surface area contributed by atoms with Crippen molar-refractivity contribution in [3.05, 3.63) is 0 Å². The molecule has 0 heterocycles. The van der Waals surface area contributed by atoms with Crippen molar-refractivity contribution in [3.63, 3.8) is 0 Å². The second-order valence-corrected chi connectivity index (χ2v) is 3.89. The van der Waals surface area contributed by atoms with Gasteiger partial charge in [-0.25, -0.2) is 0 Å². The zero-order valence-electron chi connectivity index (χ0n) is 4.06. The molecule has 0 bridgehead atoms. The lowest BCUT2D eigenvalue weighted by Gasteiger charge is -1.94. The van der Waals surface area contributed by atoms with Crippen LogP contribution in [0.25, 0.3) is 0 Å². The van der Waals surface area contributed by atoms with Gasteiger partial charge in [0.1, 0.15) is 0 Å². The van der Waals surface area contributed by atoms with Gasteiger partial charge in [-0.3, -0.25) is 0 Å². The molecular weight excluding hydrogens is 239 g/mol. The van der Waals surface area contributed by atoms with E-state index in [0.717, 1.165) is 5.75 Å². The summed E-state index contributed by atoms with van der Waals surface area (Å²) in [5.74, 6) is 1.14. The maximum Gasteiger partial charge on any atom is 0.0483 e. The van der Waals surface area contributed by atoms with E-state index in [1.807, 2.05) is 11.8 Å². The minimum atomic E-state index is 0.572. The molecule has 0 radical (unpaired) electrons. The highest BCUT2D eigenvalue weighted by atomic mass is 127. The molecule has 0 amide bonds. The van der Waals surface area contributed by atoms with Crippen molar-refractivity contribution >= 4 is 51.9 Å². The molecular formula is C4H7IS2. The van der Waals surface area contributed by atoms with Gasteiger partial charge in [0.15, 0.2) is 0 Å². The average molecular weight is 246 g/mol. The number of thioether (sulfide) groups is 1. The Morgan fingerprint density at radius 3 is 2.71 bits per heavy atom. The summed E-state index contributed by atoms with van der Waals surface area (Å²) in [5.41, 5.74) is 0. The Bertz CT molecular complexity index is 55.7. The van der Waals surface area contributed by atoms with Crippen LogP contribution in [0, 0.1) is 0 Å². The molecule has 0 aliphatic heterocycles. The third-order valence-electron chi connectivity index (χ3n) is 0.474. The predicted octanol–water partition coefficient (Wildman–Crippen LogP) is 2.15. The fourth-order valence-corrected chi connectivity index (χ4v) is 1.91. The summed E-state index contributed by atoms with van der Waals surface area (Å²) >= 11 is 8.85. The standard InChI is InChI=1S/C4H7IS2/c1-7-3-4(5)2-6/h2,4H,3H2,1H3. The van der Waals surface area contributed by atoms with Gasteiger partial charge in [0, 0.05) is 9.68 Å². The molecule has 0 nitrogen and oxygen atoms in total. The van der Waals surface area contributed by atoms with Gasteiger partial charge in [0.2, 0.25) is 0 Å². The Hall–Kier alpha value is 1.17. The lowest BCUT2D eigenvalue weighted by atomic mass is 10.6. The second-order valence-electron chi connectivity index (χ2n) is 1.11. The maximum absolute atomic E-state index is 4.69. The van der Waals surface area contributed by atoms with E-state index >= 15 is 0 Å². The summed E-state index contributed by atoms with van der Waals surface area (Å²) in [6.07, 6.45) is 2.09. The third-order valence-corrected chi connectivity index (χ3v) is 3.38. The first-order chi connectivity index (χ1) is 3.31. The van der Waals surface area contributed by atoms with Gasteiger partial charge in [-0.1, -0.05) is 34.8 Å². The van der Waals surface area contributed by atoms with Crippen molar-refractivity contribution in [2.24, 2.45) is 0 Å². The topological polar surface area (TPSA) is 0 Å². The molecule has 0 aliphatic carbocycles. The first-order valence-electron chi connectivity index (χ1n) is 1.89. The summed E-state index contributed by atoms with van der Waals surface area (Å²) in [6.45, 7) is 0. The van der Waals surface area contributed by atoms with Crippen LogP contribution >= 0.6 is 46.6 Å². The largest absolute Gasteiger partial charge is 0.164 e. The predicted molar refractivity (Wildman–Crippen MR) is 49.8 cm³/mol. The Labute approximate surface area is 67.6 Å². The third kappa shape index (κ3) is 5.03. The van der Waals surface area contributed by atoms with Crippen molar-refractivity contribution in [2.75, 3.05) is 12.0 Å². The van der Waals surface area contributed by atoms with Crippen molar-refractivity contribution in [2.45, 2.75) is 3.92 Å².